The van der Waals surface area contributed by atoms with Crippen LogP contribution in [0.25, 0.3) is 10.9 Å². The van der Waals surface area contributed by atoms with Crippen LogP contribution in [0.4, 0.5) is 0 Å². The number of fused-ring (bicyclic) bond motifs is 1. The van der Waals surface area contributed by atoms with Crippen LogP contribution in [-0.2, 0) is 44.8 Å². The van der Waals surface area contributed by atoms with E-state index in [1.54, 1.807) is 58.2 Å². The molecule has 7 atom stereocenters. The molecule has 1 aromatic heterocycles. The molecule has 0 aliphatic rings. The molecule has 2 aromatic rings. The summed E-state index contributed by atoms with van der Waals surface area (Å²) in [5.74, 6) is -9.31. The fourth-order valence-electron chi connectivity index (χ4n) is 6.06. The molecule has 0 aliphatic carbocycles. The number of nitrogens with two attached hydrogens (primary N) is 3. The first-order valence-corrected chi connectivity index (χ1v) is 19.3. The number of carbonyl (C=O) groups is 8. The Bertz CT molecular complexity index is 1830. The average Bonchev–Trinajstić information content (AvgIpc) is 3.57. The molecular formula is C38H58N10O11. The minimum absolute atomic E-state index is 0.0187. The number of nitrogens with zero attached hydrogens (tertiary/aromatic N) is 1. The molecule has 5 amide bonds. The molecule has 0 aliphatic heterocycles. The summed E-state index contributed by atoms with van der Waals surface area (Å²) >= 11 is 0. The fourth-order valence-corrected chi connectivity index (χ4v) is 6.06. The fraction of sp³-hybridized carbons (Fsp3) is 0.553. The van der Waals surface area contributed by atoms with Gasteiger partial charge in [-0.25, -0.2) is 4.79 Å². The Kier molecular flexibility index (Phi) is 19.8. The number of carbonyl (C=O) groups excluding carboxylic acids is 5. The van der Waals surface area contributed by atoms with Crippen molar-refractivity contribution >= 4 is 64.3 Å². The quantitative estimate of drug-likeness (QED) is 0.0309. The monoisotopic (exact) mass is 830 g/mol. The lowest BCUT2D eigenvalue weighted by Crippen LogP contribution is -2.60. The van der Waals surface area contributed by atoms with E-state index in [9.17, 15) is 48.6 Å². The number of para-hydroxylation sites is 1. The molecule has 0 saturated heterocycles. The van der Waals surface area contributed by atoms with E-state index in [0.717, 1.165) is 5.52 Å². The molecule has 1 heterocycles. The number of benzene rings is 1. The van der Waals surface area contributed by atoms with Gasteiger partial charge in [-0.1, -0.05) is 52.3 Å². The van der Waals surface area contributed by atoms with Crippen LogP contribution < -0.4 is 43.8 Å². The van der Waals surface area contributed by atoms with Crippen molar-refractivity contribution in [2.45, 2.75) is 115 Å². The van der Waals surface area contributed by atoms with Gasteiger partial charge < -0.3 is 64.1 Å². The number of hydrogen-bond acceptors (Lipinski definition) is 10. The summed E-state index contributed by atoms with van der Waals surface area (Å²) in [6, 6.07) is -1.34. The van der Waals surface area contributed by atoms with E-state index in [0.29, 0.717) is 17.4 Å². The number of carboxylic acid groups (broad SMARTS) is 3. The Morgan fingerprint density at radius 2 is 1.31 bits per heavy atom. The molecule has 21 heteroatoms. The molecule has 0 fully saturated rings. The Balaban J connectivity index is 2.42. The van der Waals surface area contributed by atoms with E-state index in [4.69, 9.17) is 22.3 Å². The largest absolute Gasteiger partial charge is 0.481 e. The SMILES string of the molecule is CC[C@H](C)[C@H](NC(=O)[C@H](CCCN=C(N)N)NC(=O)[C@H](CC(C)C)NC(=O)[C@H](CCC(=O)O)NC(=O)[C@H](Cc1c[nH]c2ccccc12)NC(=O)[C@@H](N)CC(=O)O)C(=O)O. The molecule has 0 spiro atoms. The summed E-state index contributed by atoms with van der Waals surface area (Å²) < 4.78 is 0. The van der Waals surface area contributed by atoms with Gasteiger partial charge in [0.05, 0.1) is 12.5 Å². The topological polar surface area (TPSA) is 364 Å². The van der Waals surface area contributed by atoms with Crippen molar-refractivity contribution in [2.24, 2.45) is 34.0 Å². The van der Waals surface area contributed by atoms with Crippen LogP contribution in [0.1, 0.15) is 78.2 Å². The van der Waals surface area contributed by atoms with Crippen molar-refractivity contribution in [1.29, 1.82) is 0 Å². The highest BCUT2D eigenvalue weighted by Crippen LogP contribution is 2.20. The highest BCUT2D eigenvalue weighted by atomic mass is 16.4. The number of guanidine groups is 1. The van der Waals surface area contributed by atoms with E-state index < -0.39 is 109 Å². The molecule has 0 saturated carbocycles. The molecule has 0 bridgehead atoms. The summed E-state index contributed by atoms with van der Waals surface area (Å²) in [5.41, 5.74) is 17.9. The van der Waals surface area contributed by atoms with Crippen LogP contribution in [0.3, 0.4) is 0 Å². The van der Waals surface area contributed by atoms with E-state index in [-0.39, 0.29) is 44.1 Å². The van der Waals surface area contributed by atoms with Gasteiger partial charge in [-0.15, -0.1) is 0 Å². The van der Waals surface area contributed by atoms with Crippen LogP contribution in [-0.4, -0.2) is 117 Å². The number of aliphatic imine (C=N–C) groups is 1. The third kappa shape index (κ3) is 16.6. The van der Waals surface area contributed by atoms with Gasteiger partial charge in [0, 0.05) is 36.5 Å². The molecule has 21 nitrogen and oxygen atoms in total. The lowest BCUT2D eigenvalue weighted by Gasteiger charge is -2.28. The number of rotatable bonds is 26. The van der Waals surface area contributed by atoms with Gasteiger partial charge >= 0.3 is 17.9 Å². The van der Waals surface area contributed by atoms with Crippen LogP contribution >= 0.6 is 0 Å². The van der Waals surface area contributed by atoms with E-state index in [1.165, 1.54) is 0 Å². The van der Waals surface area contributed by atoms with Crippen LogP contribution in [0.15, 0.2) is 35.5 Å². The van der Waals surface area contributed by atoms with E-state index >= 15 is 0 Å². The maximum absolute atomic E-state index is 13.9. The lowest BCUT2D eigenvalue weighted by atomic mass is 9.98. The summed E-state index contributed by atoms with van der Waals surface area (Å²) in [7, 11) is 0. The number of amides is 5. The van der Waals surface area contributed by atoms with Crippen LogP contribution in [0.2, 0.25) is 0 Å². The molecule has 2 rings (SSSR count). The first kappa shape index (κ1) is 48.9. The summed E-state index contributed by atoms with van der Waals surface area (Å²) in [4.78, 5) is 110. The predicted octanol–water partition coefficient (Wildman–Crippen LogP) is -0.968. The number of aromatic amines is 1. The molecule has 0 radical (unpaired) electrons. The number of carboxylic acids is 3. The normalized spacial score (nSPS) is 14.7. The lowest BCUT2D eigenvalue weighted by molar-refractivity contribution is -0.144. The highest BCUT2D eigenvalue weighted by Gasteiger charge is 2.34. The number of hydrogen-bond donors (Lipinski definition) is 12. The Hall–Kier alpha value is -6.25. The Morgan fingerprint density at radius 1 is 0.746 bits per heavy atom. The summed E-state index contributed by atoms with van der Waals surface area (Å²) in [6.45, 7) is 6.99. The Morgan fingerprint density at radius 3 is 1.88 bits per heavy atom. The van der Waals surface area contributed by atoms with Crippen molar-refractivity contribution in [3.05, 3.63) is 36.0 Å². The summed E-state index contributed by atoms with van der Waals surface area (Å²) in [5, 5.41) is 41.7. The highest BCUT2D eigenvalue weighted by molar-refractivity contribution is 5.97. The number of H-pyrrole nitrogens is 1. The molecular weight excluding hydrogens is 772 g/mol. The number of aromatic nitrogens is 1. The Labute approximate surface area is 341 Å². The van der Waals surface area contributed by atoms with E-state index in [2.05, 4.69) is 36.6 Å². The minimum atomic E-state index is -1.57. The second-order valence-corrected chi connectivity index (χ2v) is 14.7. The second kappa shape index (κ2) is 23.9. The van der Waals surface area contributed by atoms with Gasteiger partial charge in [-0.2, -0.15) is 0 Å². The third-order valence-corrected chi connectivity index (χ3v) is 9.44. The molecule has 15 N–H and O–H groups in total. The van der Waals surface area contributed by atoms with Gasteiger partial charge in [0.1, 0.15) is 30.2 Å². The average molecular weight is 831 g/mol. The predicted molar refractivity (Wildman–Crippen MR) is 215 cm³/mol. The second-order valence-electron chi connectivity index (χ2n) is 14.7. The maximum atomic E-state index is 13.9. The van der Waals surface area contributed by atoms with Gasteiger partial charge in [0.15, 0.2) is 5.96 Å². The van der Waals surface area contributed by atoms with Crippen LogP contribution in [0, 0.1) is 11.8 Å². The van der Waals surface area contributed by atoms with Crippen molar-refractivity contribution in [1.82, 2.24) is 31.6 Å². The van der Waals surface area contributed by atoms with E-state index in [1.807, 2.05) is 0 Å². The molecule has 326 valence electrons. The standard InChI is InChI=1S/C38H58N10O11/c1-5-20(4)31(37(58)59)48-34(55)25(11-8-14-42-38(40)41)44-35(56)27(15-19(2)3)47-33(54)26(12-13-29(49)50)45-36(57)28(46-32(53)23(39)17-30(51)52)16-21-18-43-24-10-7-6-9-22(21)24/h6-7,9-10,18-20,23,25-28,31,43H,5,8,11-17,39H2,1-4H3,(H,44,56)(H,45,57)(H,46,53)(H,47,54)(H,48,55)(H,49,50)(H,51,52)(H,58,59)(H4,40,41,42)/t20-,23-,25-,26-,27-,28-,31-/m0/s1. The smallest absolute Gasteiger partial charge is 0.326 e. The van der Waals surface area contributed by atoms with Crippen LogP contribution in [0.5, 0.6) is 0 Å². The first-order valence-electron chi connectivity index (χ1n) is 19.3. The van der Waals surface area contributed by atoms with Crippen molar-refractivity contribution in [3.63, 3.8) is 0 Å². The van der Waals surface area contributed by atoms with Gasteiger partial charge in [0.25, 0.3) is 0 Å². The maximum Gasteiger partial charge on any atom is 0.326 e. The van der Waals surface area contributed by atoms with Crippen molar-refractivity contribution in [2.75, 3.05) is 6.54 Å². The molecule has 1 aromatic carbocycles. The first-order chi connectivity index (χ1) is 27.7. The summed E-state index contributed by atoms with van der Waals surface area (Å²) in [6.07, 6.45) is 0.281. The number of aliphatic carboxylic acids is 3. The van der Waals surface area contributed by atoms with Gasteiger partial charge in [-0.3, -0.25) is 38.6 Å². The van der Waals surface area contributed by atoms with Crippen molar-refractivity contribution < 1.29 is 53.7 Å². The molecule has 0 unspecified atom stereocenters. The third-order valence-electron chi connectivity index (χ3n) is 9.44. The zero-order valence-electron chi connectivity index (χ0n) is 33.7. The minimum Gasteiger partial charge on any atom is -0.481 e. The van der Waals surface area contributed by atoms with Crippen molar-refractivity contribution in [3.8, 4) is 0 Å². The van der Waals surface area contributed by atoms with Gasteiger partial charge in [0.2, 0.25) is 29.5 Å². The zero-order valence-corrected chi connectivity index (χ0v) is 33.7. The number of nitrogens with one attached hydrogen (secondary N) is 6. The molecule has 59 heavy (non-hydrogen) atoms. The van der Waals surface area contributed by atoms with Gasteiger partial charge in [-0.05, 0) is 49.1 Å². The zero-order chi connectivity index (χ0) is 44.4.